The molecule has 6 heteroatoms. The Kier molecular flexibility index (Phi) is 6.75. The van der Waals surface area contributed by atoms with E-state index >= 15 is 0 Å². The number of nitrogens with one attached hydrogen (secondary N) is 2. The number of aliphatic hydroxyl groups is 1. The number of aryl methyl sites for hydroxylation is 1. The number of fused-ring (bicyclic) bond motifs is 1. The van der Waals surface area contributed by atoms with Crippen LogP contribution in [-0.4, -0.2) is 29.7 Å². The molecule has 28 heavy (non-hydrogen) atoms. The number of carbonyl (C=O) groups is 1. The zero-order valence-electron chi connectivity index (χ0n) is 15.9. The Morgan fingerprint density at radius 3 is 2.64 bits per heavy atom. The van der Waals surface area contributed by atoms with Crippen molar-refractivity contribution in [2.24, 2.45) is 0 Å². The standard InChI is InChI=1S/C22H26F2N2O2/c1-14(27)26-21(11-15-9-17(23)12-18(24)10-15)22(28)13-25-20-8-4-6-16-5-2-3-7-19(16)20/h2-3,5,7,9-10,12,20-22,25,28H,4,6,8,11,13H2,1H3,(H,26,27)/t20?,21-,22-/m0/s1. The highest BCUT2D eigenvalue weighted by Gasteiger charge is 2.24. The minimum Gasteiger partial charge on any atom is -0.390 e. The Morgan fingerprint density at radius 2 is 1.93 bits per heavy atom. The Hall–Kier alpha value is -2.31. The summed E-state index contributed by atoms with van der Waals surface area (Å²) in [5.74, 6) is -1.66. The van der Waals surface area contributed by atoms with Crippen molar-refractivity contribution in [1.82, 2.24) is 10.6 Å². The molecule has 3 atom stereocenters. The lowest BCUT2D eigenvalue weighted by Gasteiger charge is -2.30. The third-order valence-corrected chi connectivity index (χ3v) is 5.17. The quantitative estimate of drug-likeness (QED) is 0.683. The van der Waals surface area contributed by atoms with Crippen molar-refractivity contribution in [3.05, 3.63) is 70.8 Å². The smallest absolute Gasteiger partial charge is 0.217 e. The second kappa shape index (κ2) is 9.26. The first kappa shape index (κ1) is 20.4. The number of hydrogen-bond acceptors (Lipinski definition) is 3. The van der Waals surface area contributed by atoms with Gasteiger partial charge in [0, 0.05) is 25.6 Å². The van der Waals surface area contributed by atoms with Crippen molar-refractivity contribution in [2.75, 3.05) is 6.54 Å². The summed E-state index contributed by atoms with van der Waals surface area (Å²) in [4.78, 5) is 11.6. The molecule has 0 aromatic heterocycles. The average Bonchev–Trinajstić information content (AvgIpc) is 2.64. The van der Waals surface area contributed by atoms with E-state index in [1.807, 2.05) is 12.1 Å². The van der Waals surface area contributed by atoms with Crippen LogP contribution >= 0.6 is 0 Å². The van der Waals surface area contributed by atoms with Gasteiger partial charge in [0.1, 0.15) is 11.6 Å². The van der Waals surface area contributed by atoms with E-state index in [1.54, 1.807) is 0 Å². The number of halogens is 2. The minimum absolute atomic E-state index is 0.137. The molecule has 0 fully saturated rings. The summed E-state index contributed by atoms with van der Waals surface area (Å²) in [7, 11) is 0. The van der Waals surface area contributed by atoms with Gasteiger partial charge in [-0.25, -0.2) is 8.78 Å². The molecule has 1 amide bonds. The van der Waals surface area contributed by atoms with Gasteiger partial charge in [0.25, 0.3) is 0 Å². The highest BCUT2D eigenvalue weighted by molar-refractivity contribution is 5.73. The Balaban J connectivity index is 1.66. The molecule has 0 spiro atoms. The van der Waals surface area contributed by atoms with Gasteiger partial charge in [0.15, 0.2) is 0 Å². The molecule has 0 bridgehead atoms. The highest BCUT2D eigenvalue weighted by atomic mass is 19.1. The molecule has 0 saturated heterocycles. The average molecular weight is 388 g/mol. The number of aliphatic hydroxyl groups excluding tert-OH is 1. The molecule has 4 nitrogen and oxygen atoms in total. The van der Waals surface area contributed by atoms with E-state index in [4.69, 9.17) is 0 Å². The second-order valence-electron chi connectivity index (χ2n) is 7.41. The van der Waals surface area contributed by atoms with Crippen molar-refractivity contribution >= 4 is 5.91 Å². The van der Waals surface area contributed by atoms with Crippen LogP contribution in [0.15, 0.2) is 42.5 Å². The topological polar surface area (TPSA) is 61.4 Å². The van der Waals surface area contributed by atoms with Crippen LogP contribution < -0.4 is 10.6 Å². The predicted molar refractivity (Wildman–Crippen MR) is 104 cm³/mol. The van der Waals surface area contributed by atoms with E-state index in [9.17, 15) is 18.7 Å². The molecular weight excluding hydrogens is 362 g/mol. The van der Waals surface area contributed by atoms with E-state index in [-0.39, 0.29) is 24.9 Å². The van der Waals surface area contributed by atoms with Crippen LogP contribution in [0.5, 0.6) is 0 Å². The molecule has 2 aromatic carbocycles. The van der Waals surface area contributed by atoms with Crippen LogP contribution in [0.25, 0.3) is 0 Å². The van der Waals surface area contributed by atoms with E-state index in [1.165, 1.54) is 30.2 Å². The number of amides is 1. The molecule has 2 aromatic rings. The lowest BCUT2D eigenvalue weighted by molar-refractivity contribution is -0.120. The molecule has 1 unspecified atom stereocenters. The van der Waals surface area contributed by atoms with E-state index in [0.717, 1.165) is 25.3 Å². The Labute approximate surface area is 164 Å². The van der Waals surface area contributed by atoms with Gasteiger partial charge in [0.05, 0.1) is 12.1 Å². The fraction of sp³-hybridized carbons (Fsp3) is 0.409. The van der Waals surface area contributed by atoms with Gasteiger partial charge < -0.3 is 15.7 Å². The molecule has 0 heterocycles. The van der Waals surface area contributed by atoms with Crippen molar-refractivity contribution in [3.8, 4) is 0 Å². The molecule has 0 saturated carbocycles. The van der Waals surface area contributed by atoms with Gasteiger partial charge >= 0.3 is 0 Å². The molecule has 1 aliphatic rings. The van der Waals surface area contributed by atoms with Gasteiger partial charge in [-0.2, -0.15) is 0 Å². The summed E-state index contributed by atoms with van der Waals surface area (Å²) < 4.78 is 26.9. The summed E-state index contributed by atoms with van der Waals surface area (Å²) in [6.07, 6.45) is 2.34. The van der Waals surface area contributed by atoms with Crippen LogP contribution in [0.1, 0.15) is 42.5 Å². The van der Waals surface area contributed by atoms with E-state index in [0.29, 0.717) is 5.56 Å². The maximum Gasteiger partial charge on any atom is 0.217 e. The van der Waals surface area contributed by atoms with Crippen LogP contribution in [0.3, 0.4) is 0 Å². The maximum atomic E-state index is 13.5. The number of rotatable bonds is 7. The SMILES string of the molecule is CC(=O)N[C@@H](Cc1cc(F)cc(F)c1)[C@@H](O)CNC1CCCc2ccccc21. The largest absolute Gasteiger partial charge is 0.390 e. The van der Waals surface area contributed by atoms with Crippen molar-refractivity contribution < 1.29 is 18.7 Å². The van der Waals surface area contributed by atoms with Crippen LogP contribution in [0.2, 0.25) is 0 Å². The molecule has 0 aliphatic heterocycles. The molecule has 0 radical (unpaired) electrons. The molecule has 1 aliphatic carbocycles. The van der Waals surface area contributed by atoms with Crippen LogP contribution in [-0.2, 0) is 17.6 Å². The normalized spacial score (nSPS) is 18.2. The molecule has 3 rings (SSSR count). The molecule has 3 N–H and O–H groups in total. The Bertz CT molecular complexity index is 808. The number of carbonyl (C=O) groups excluding carboxylic acids is 1. The molecule has 150 valence electrons. The van der Waals surface area contributed by atoms with Crippen molar-refractivity contribution in [1.29, 1.82) is 0 Å². The van der Waals surface area contributed by atoms with Crippen molar-refractivity contribution in [3.63, 3.8) is 0 Å². The number of hydrogen-bond donors (Lipinski definition) is 3. The molecular formula is C22H26F2N2O2. The van der Waals surface area contributed by atoms with Gasteiger partial charge in [0.2, 0.25) is 5.91 Å². The predicted octanol–water partition coefficient (Wildman–Crippen LogP) is 3.04. The fourth-order valence-corrected chi connectivity index (χ4v) is 3.90. The van der Waals surface area contributed by atoms with Gasteiger partial charge in [-0.1, -0.05) is 24.3 Å². The first-order valence-corrected chi connectivity index (χ1v) is 9.63. The van der Waals surface area contributed by atoms with Gasteiger partial charge in [-0.3, -0.25) is 4.79 Å². The first-order valence-electron chi connectivity index (χ1n) is 9.63. The monoisotopic (exact) mass is 388 g/mol. The maximum absolute atomic E-state index is 13.5. The Morgan fingerprint density at radius 1 is 1.21 bits per heavy atom. The zero-order valence-corrected chi connectivity index (χ0v) is 15.9. The van der Waals surface area contributed by atoms with E-state index < -0.39 is 23.8 Å². The second-order valence-corrected chi connectivity index (χ2v) is 7.41. The lowest BCUT2D eigenvalue weighted by Crippen LogP contribution is -2.48. The third kappa shape index (κ3) is 5.36. The fourth-order valence-electron chi connectivity index (χ4n) is 3.90. The minimum atomic E-state index is -0.899. The van der Waals surface area contributed by atoms with Gasteiger partial charge in [-0.05, 0) is 54.5 Å². The van der Waals surface area contributed by atoms with E-state index in [2.05, 4.69) is 22.8 Å². The van der Waals surface area contributed by atoms with Crippen LogP contribution in [0, 0.1) is 11.6 Å². The van der Waals surface area contributed by atoms with Crippen LogP contribution in [0.4, 0.5) is 8.78 Å². The summed E-state index contributed by atoms with van der Waals surface area (Å²) in [6.45, 7) is 1.62. The van der Waals surface area contributed by atoms with Gasteiger partial charge in [-0.15, -0.1) is 0 Å². The first-order chi connectivity index (χ1) is 13.4. The number of benzene rings is 2. The van der Waals surface area contributed by atoms with Crippen molar-refractivity contribution in [2.45, 2.75) is 50.8 Å². The summed E-state index contributed by atoms with van der Waals surface area (Å²) >= 11 is 0. The summed E-state index contributed by atoms with van der Waals surface area (Å²) in [5, 5.41) is 16.8. The zero-order chi connectivity index (χ0) is 20.1. The highest BCUT2D eigenvalue weighted by Crippen LogP contribution is 2.29. The summed E-state index contributed by atoms with van der Waals surface area (Å²) in [6, 6.07) is 11.0. The lowest BCUT2D eigenvalue weighted by atomic mass is 9.87. The summed E-state index contributed by atoms with van der Waals surface area (Å²) in [5.41, 5.74) is 2.94. The third-order valence-electron chi connectivity index (χ3n) is 5.17.